The molecule has 2 bridgehead atoms. The highest BCUT2D eigenvalue weighted by molar-refractivity contribution is 5.86. The molecule has 4 nitrogen and oxygen atoms in total. The predicted molar refractivity (Wildman–Crippen MR) is 82.0 cm³/mol. The molecule has 0 aromatic carbocycles. The third-order valence-corrected chi connectivity index (χ3v) is 5.05. The molecular formula is C17H21N3O. The van der Waals surface area contributed by atoms with Gasteiger partial charge < -0.3 is 9.80 Å². The third kappa shape index (κ3) is 2.13. The van der Waals surface area contributed by atoms with Crippen molar-refractivity contribution in [1.82, 2.24) is 9.88 Å². The zero-order chi connectivity index (χ0) is 14.2. The van der Waals surface area contributed by atoms with E-state index in [1.165, 1.54) is 0 Å². The van der Waals surface area contributed by atoms with Crippen LogP contribution < -0.4 is 4.90 Å². The van der Waals surface area contributed by atoms with Crippen LogP contribution in [-0.4, -0.2) is 40.5 Å². The maximum absolute atomic E-state index is 13.1. The average Bonchev–Trinajstić information content (AvgIpc) is 3.11. The molecule has 3 aliphatic heterocycles. The molecule has 0 spiro atoms. The Balaban J connectivity index is 1.58. The number of hydrogen-bond donors (Lipinski definition) is 0. The van der Waals surface area contributed by atoms with Crippen LogP contribution >= 0.6 is 0 Å². The number of anilines is 1. The highest BCUT2D eigenvalue weighted by Crippen LogP contribution is 2.34. The number of amides is 1. The molecule has 3 aliphatic rings. The summed E-state index contributed by atoms with van der Waals surface area (Å²) in [5.74, 6) is 1.25. The van der Waals surface area contributed by atoms with Crippen LogP contribution in [0.5, 0.6) is 0 Å². The second kappa shape index (κ2) is 5.17. The Morgan fingerprint density at radius 3 is 3.00 bits per heavy atom. The number of fused-ring (bicyclic) bond motifs is 2. The van der Waals surface area contributed by atoms with Crippen molar-refractivity contribution in [2.24, 2.45) is 0 Å². The third-order valence-electron chi connectivity index (χ3n) is 5.05. The average molecular weight is 283 g/mol. The Kier molecular flexibility index (Phi) is 3.17. The molecule has 2 fully saturated rings. The van der Waals surface area contributed by atoms with Crippen molar-refractivity contribution in [3.05, 3.63) is 36.5 Å². The second-order valence-electron chi connectivity index (χ2n) is 6.25. The number of carbonyl (C=O) groups excluding carboxylic acids is 1. The molecule has 0 aliphatic carbocycles. The van der Waals surface area contributed by atoms with Gasteiger partial charge in [0.05, 0.1) is 6.04 Å². The molecular weight excluding hydrogens is 262 g/mol. The fraction of sp³-hybridized carbons (Fsp3) is 0.529. The zero-order valence-electron chi connectivity index (χ0n) is 12.2. The molecule has 21 heavy (non-hydrogen) atoms. The Labute approximate surface area is 125 Å². The summed E-state index contributed by atoms with van der Waals surface area (Å²) in [4.78, 5) is 21.9. The Hall–Kier alpha value is -1.84. The minimum Gasteiger partial charge on any atom is -0.345 e. The van der Waals surface area contributed by atoms with Crippen molar-refractivity contribution < 1.29 is 4.79 Å². The largest absolute Gasteiger partial charge is 0.345 e. The number of hydrogen-bond acceptors (Lipinski definition) is 3. The van der Waals surface area contributed by atoms with E-state index in [0.29, 0.717) is 18.0 Å². The Bertz CT molecular complexity index is 556. The van der Waals surface area contributed by atoms with Gasteiger partial charge in [-0.25, -0.2) is 4.98 Å². The van der Waals surface area contributed by atoms with Crippen LogP contribution in [0, 0.1) is 0 Å². The van der Waals surface area contributed by atoms with Crippen molar-refractivity contribution in [3.63, 3.8) is 0 Å². The van der Waals surface area contributed by atoms with Gasteiger partial charge in [-0.1, -0.05) is 18.2 Å². The molecule has 1 aromatic rings. The van der Waals surface area contributed by atoms with Crippen molar-refractivity contribution in [2.75, 3.05) is 11.4 Å². The standard InChI is InChI=1S/C17H21N3O/c21-17(20-13-5-3-6-14(20)10-9-13)15-7-4-12-19(15)16-8-1-2-11-18-16/h1-3,5,8,11,13-15H,4,6-7,9-10,12H2. The molecule has 3 atom stereocenters. The van der Waals surface area contributed by atoms with Crippen molar-refractivity contribution in [2.45, 2.75) is 50.2 Å². The fourth-order valence-corrected chi connectivity index (χ4v) is 4.06. The van der Waals surface area contributed by atoms with E-state index in [4.69, 9.17) is 0 Å². The number of rotatable bonds is 2. The minimum absolute atomic E-state index is 0.0190. The molecule has 4 heteroatoms. The number of aromatic nitrogens is 1. The van der Waals surface area contributed by atoms with Crippen LogP contribution in [0.4, 0.5) is 5.82 Å². The van der Waals surface area contributed by atoms with E-state index in [0.717, 1.165) is 44.5 Å². The summed E-state index contributed by atoms with van der Waals surface area (Å²) in [5, 5.41) is 0. The van der Waals surface area contributed by atoms with E-state index in [-0.39, 0.29) is 6.04 Å². The zero-order valence-corrected chi connectivity index (χ0v) is 12.2. The quantitative estimate of drug-likeness (QED) is 0.782. The molecule has 4 rings (SSSR count). The van der Waals surface area contributed by atoms with E-state index in [9.17, 15) is 4.79 Å². The summed E-state index contributed by atoms with van der Waals surface area (Å²) in [6.45, 7) is 0.937. The Morgan fingerprint density at radius 1 is 1.24 bits per heavy atom. The summed E-state index contributed by atoms with van der Waals surface area (Å²) < 4.78 is 0. The van der Waals surface area contributed by atoms with Crippen LogP contribution in [0.1, 0.15) is 32.1 Å². The van der Waals surface area contributed by atoms with Gasteiger partial charge in [-0.05, 0) is 44.2 Å². The van der Waals surface area contributed by atoms with E-state index in [2.05, 4.69) is 26.9 Å². The lowest BCUT2D eigenvalue weighted by atomic mass is 10.1. The first-order valence-corrected chi connectivity index (χ1v) is 8.01. The van der Waals surface area contributed by atoms with Gasteiger partial charge in [0.25, 0.3) is 0 Å². The van der Waals surface area contributed by atoms with Gasteiger partial charge >= 0.3 is 0 Å². The summed E-state index contributed by atoms with van der Waals surface area (Å²) in [7, 11) is 0. The highest BCUT2D eigenvalue weighted by Gasteiger charge is 2.42. The second-order valence-corrected chi connectivity index (χ2v) is 6.25. The molecule has 2 saturated heterocycles. The summed E-state index contributed by atoms with van der Waals surface area (Å²) >= 11 is 0. The van der Waals surface area contributed by atoms with E-state index in [1.54, 1.807) is 0 Å². The normalized spacial score (nSPS) is 31.0. The smallest absolute Gasteiger partial charge is 0.246 e. The summed E-state index contributed by atoms with van der Waals surface area (Å²) in [5.41, 5.74) is 0. The molecule has 0 saturated carbocycles. The first-order valence-electron chi connectivity index (χ1n) is 8.01. The van der Waals surface area contributed by atoms with Crippen molar-refractivity contribution >= 4 is 11.7 Å². The number of carbonyl (C=O) groups is 1. The van der Waals surface area contributed by atoms with Crippen LogP contribution in [0.3, 0.4) is 0 Å². The molecule has 0 radical (unpaired) electrons. The van der Waals surface area contributed by atoms with Crippen LogP contribution in [0.25, 0.3) is 0 Å². The van der Waals surface area contributed by atoms with Crippen LogP contribution in [-0.2, 0) is 4.79 Å². The molecule has 3 unspecified atom stereocenters. The molecule has 110 valence electrons. The van der Waals surface area contributed by atoms with Gasteiger partial charge in [0, 0.05) is 18.8 Å². The predicted octanol–water partition coefficient (Wildman–Crippen LogP) is 2.37. The monoisotopic (exact) mass is 283 g/mol. The molecule has 0 N–H and O–H groups in total. The van der Waals surface area contributed by atoms with E-state index in [1.807, 2.05) is 24.4 Å². The maximum atomic E-state index is 13.1. The SMILES string of the molecule is O=C(C1CCCN1c1ccccn1)N1C2C=CCC1CC2. The van der Waals surface area contributed by atoms with Gasteiger partial charge in [-0.2, -0.15) is 0 Å². The van der Waals surface area contributed by atoms with E-state index >= 15 is 0 Å². The van der Waals surface area contributed by atoms with Crippen LogP contribution in [0.2, 0.25) is 0 Å². The van der Waals surface area contributed by atoms with Crippen molar-refractivity contribution in [3.8, 4) is 0 Å². The molecule has 1 aromatic heterocycles. The highest BCUT2D eigenvalue weighted by atomic mass is 16.2. The lowest BCUT2D eigenvalue weighted by molar-refractivity contribution is -0.134. The first kappa shape index (κ1) is 12.9. The first-order chi connectivity index (χ1) is 10.3. The van der Waals surface area contributed by atoms with Gasteiger partial charge in [-0.15, -0.1) is 0 Å². The lowest BCUT2D eigenvalue weighted by Gasteiger charge is -2.36. The van der Waals surface area contributed by atoms with Crippen LogP contribution in [0.15, 0.2) is 36.5 Å². The summed E-state index contributed by atoms with van der Waals surface area (Å²) in [6, 6.07) is 6.67. The van der Waals surface area contributed by atoms with Crippen molar-refractivity contribution in [1.29, 1.82) is 0 Å². The number of nitrogens with zero attached hydrogens (tertiary/aromatic N) is 3. The minimum atomic E-state index is -0.0190. The van der Waals surface area contributed by atoms with Gasteiger partial charge in [-0.3, -0.25) is 4.79 Å². The van der Waals surface area contributed by atoms with E-state index < -0.39 is 0 Å². The fourth-order valence-electron chi connectivity index (χ4n) is 4.06. The maximum Gasteiger partial charge on any atom is 0.246 e. The molecule has 4 heterocycles. The number of pyridine rings is 1. The lowest BCUT2D eigenvalue weighted by Crippen LogP contribution is -2.51. The topological polar surface area (TPSA) is 36.4 Å². The van der Waals surface area contributed by atoms with Gasteiger partial charge in [0.2, 0.25) is 5.91 Å². The summed E-state index contributed by atoms with van der Waals surface area (Å²) in [6.07, 6.45) is 11.6. The van der Waals surface area contributed by atoms with Gasteiger partial charge in [0.1, 0.15) is 11.9 Å². The molecule has 1 amide bonds. The Morgan fingerprint density at radius 2 is 2.19 bits per heavy atom. The van der Waals surface area contributed by atoms with Gasteiger partial charge in [0.15, 0.2) is 0 Å².